The van der Waals surface area contributed by atoms with E-state index in [0.29, 0.717) is 17.3 Å². The Balaban J connectivity index is 2.28. The number of halogens is 3. The molecule has 0 atom stereocenters. The minimum atomic E-state index is -1.24. The van der Waals surface area contributed by atoms with E-state index in [1.165, 1.54) is 12.1 Å². The zero-order valence-electron chi connectivity index (χ0n) is 9.05. The number of hydrogen-bond donors (Lipinski definition) is 1. The van der Waals surface area contributed by atoms with Crippen LogP contribution in [0.1, 0.15) is 5.56 Å². The number of nitriles is 1. The predicted octanol–water partition coefficient (Wildman–Crippen LogP) is 3.72. The molecule has 0 aromatic heterocycles. The first-order valence-corrected chi connectivity index (χ1v) is 5.02. The second kappa shape index (κ2) is 4.80. The van der Waals surface area contributed by atoms with Crippen LogP contribution >= 0.6 is 0 Å². The summed E-state index contributed by atoms with van der Waals surface area (Å²) in [5, 5.41) is 11.2. The summed E-state index contributed by atoms with van der Waals surface area (Å²) in [4.78, 5) is 0. The molecule has 0 fully saturated rings. The highest BCUT2D eigenvalue weighted by molar-refractivity contribution is 5.61. The maximum absolute atomic E-state index is 13.3. The van der Waals surface area contributed by atoms with Gasteiger partial charge < -0.3 is 5.32 Å². The first-order chi connectivity index (χ1) is 8.60. The minimum Gasteiger partial charge on any atom is -0.353 e. The molecule has 2 aromatic carbocycles. The zero-order valence-corrected chi connectivity index (χ0v) is 9.05. The van der Waals surface area contributed by atoms with Gasteiger partial charge in [0, 0.05) is 17.8 Å². The van der Waals surface area contributed by atoms with Crippen molar-refractivity contribution in [3.05, 3.63) is 59.4 Å². The lowest BCUT2D eigenvalue weighted by Crippen LogP contribution is -1.97. The molecule has 0 heterocycles. The second-order valence-electron chi connectivity index (χ2n) is 3.56. The zero-order chi connectivity index (χ0) is 13.1. The van der Waals surface area contributed by atoms with Crippen molar-refractivity contribution >= 4 is 11.4 Å². The van der Waals surface area contributed by atoms with Gasteiger partial charge in [-0.1, -0.05) is 0 Å². The molecule has 5 heteroatoms. The van der Waals surface area contributed by atoms with Crippen LogP contribution < -0.4 is 5.32 Å². The summed E-state index contributed by atoms with van der Waals surface area (Å²) in [5.74, 6) is -3.26. The number of nitrogens with one attached hydrogen (secondary N) is 1. The Morgan fingerprint density at radius 2 is 1.50 bits per heavy atom. The summed E-state index contributed by atoms with van der Waals surface area (Å²) in [6, 6.07) is 9.28. The molecule has 0 saturated heterocycles. The average Bonchev–Trinajstić information content (AvgIpc) is 2.37. The fourth-order valence-corrected chi connectivity index (χ4v) is 1.40. The average molecular weight is 248 g/mol. The molecular weight excluding hydrogens is 241 g/mol. The standard InChI is InChI=1S/C13H7F3N2/c14-10-5-12(16)13(6-11(10)15)18-9-3-1-8(7-17)2-4-9/h1-6,18H. The van der Waals surface area contributed by atoms with Crippen LogP contribution in [0, 0.1) is 28.8 Å². The molecule has 0 aliphatic carbocycles. The normalized spacial score (nSPS) is 9.89. The van der Waals surface area contributed by atoms with Gasteiger partial charge in [-0.2, -0.15) is 5.26 Å². The highest BCUT2D eigenvalue weighted by atomic mass is 19.2. The molecule has 0 spiro atoms. The maximum Gasteiger partial charge on any atom is 0.161 e. The lowest BCUT2D eigenvalue weighted by molar-refractivity contribution is 0.496. The Labute approximate surface area is 101 Å². The van der Waals surface area contributed by atoms with Crippen LogP contribution in [-0.4, -0.2) is 0 Å². The topological polar surface area (TPSA) is 35.8 Å². The molecule has 0 radical (unpaired) electrons. The number of anilines is 2. The summed E-state index contributed by atoms with van der Waals surface area (Å²) in [5.41, 5.74) is 0.754. The third kappa shape index (κ3) is 2.43. The van der Waals surface area contributed by atoms with Crippen LogP contribution in [0.2, 0.25) is 0 Å². The van der Waals surface area contributed by atoms with Crippen LogP contribution in [-0.2, 0) is 0 Å². The quantitative estimate of drug-likeness (QED) is 0.822. The van der Waals surface area contributed by atoms with Crippen molar-refractivity contribution in [2.45, 2.75) is 0 Å². The molecule has 2 aromatic rings. The molecule has 2 rings (SSSR count). The van der Waals surface area contributed by atoms with Gasteiger partial charge in [0.25, 0.3) is 0 Å². The van der Waals surface area contributed by atoms with E-state index in [9.17, 15) is 13.2 Å². The van der Waals surface area contributed by atoms with E-state index < -0.39 is 17.5 Å². The summed E-state index contributed by atoms with van der Waals surface area (Å²) < 4.78 is 39.0. The lowest BCUT2D eigenvalue weighted by atomic mass is 10.2. The molecule has 0 aliphatic heterocycles. The fraction of sp³-hybridized carbons (Fsp3) is 0. The monoisotopic (exact) mass is 248 g/mol. The summed E-state index contributed by atoms with van der Waals surface area (Å²) >= 11 is 0. The van der Waals surface area contributed by atoms with Crippen molar-refractivity contribution < 1.29 is 13.2 Å². The van der Waals surface area contributed by atoms with Gasteiger partial charge in [-0.25, -0.2) is 13.2 Å². The van der Waals surface area contributed by atoms with Gasteiger partial charge in [-0.15, -0.1) is 0 Å². The van der Waals surface area contributed by atoms with Gasteiger partial charge in [0.2, 0.25) is 0 Å². The number of hydrogen-bond acceptors (Lipinski definition) is 2. The van der Waals surface area contributed by atoms with Gasteiger partial charge in [-0.05, 0) is 24.3 Å². The summed E-state index contributed by atoms with van der Waals surface area (Å²) in [6.07, 6.45) is 0. The highest BCUT2D eigenvalue weighted by Gasteiger charge is 2.09. The molecule has 2 nitrogen and oxygen atoms in total. The lowest BCUT2D eigenvalue weighted by Gasteiger charge is -2.08. The molecular formula is C13H7F3N2. The molecule has 18 heavy (non-hydrogen) atoms. The van der Waals surface area contributed by atoms with Crippen LogP contribution in [0.25, 0.3) is 0 Å². The first-order valence-electron chi connectivity index (χ1n) is 5.02. The Morgan fingerprint density at radius 1 is 0.889 bits per heavy atom. The summed E-state index contributed by atoms with van der Waals surface area (Å²) in [6.45, 7) is 0. The number of rotatable bonds is 2. The third-order valence-electron chi connectivity index (χ3n) is 2.30. The number of benzene rings is 2. The van der Waals surface area contributed by atoms with Crippen molar-refractivity contribution in [2.75, 3.05) is 5.32 Å². The van der Waals surface area contributed by atoms with E-state index in [4.69, 9.17) is 5.26 Å². The second-order valence-corrected chi connectivity index (χ2v) is 3.56. The Bertz CT molecular complexity index is 615. The van der Waals surface area contributed by atoms with Gasteiger partial charge in [0.05, 0.1) is 17.3 Å². The van der Waals surface area contributed by atoms with Crippen molar-refractivity contribution in [2.24, 2.45) is 0 Å². The van der Waals surface area contributed by atoms with E-state index in [2.05, 4.69) is 5.32 Å². The Morgan fingerprint density at radius 3 is 2.11 bits per heavy atom. The SMILES string of the molecule is N#Cc1ccc(Nc2cc(F)c(F)cc2F)cc1. The fourth-order valence-electron chi connectivity index (χ4n) is 1.40. The van der Waals surface area contributed by atoms with Gasteiger partial charge in [-0.3, -0.25) is 0 Å². The van der Waals surface area contributed by atoms with Crippen LogP contribution in [0.4, 0.5) is 24.5 Å². The van der Waals surface area contributed by atoms with Gasteiger partial charge in [0.15, 0.2) is 11.6 Å². The van der Waals surface area contributed by atoms with E-state index in [0.717, 1.165) is 6.07 Å². The predicted molar refractivity (Wildman–Crippen MR) is 60.8 cm³/mol. The summed E-state index contributed by atoms with van der Waals surface area (Å²) in [7, 11) is 0. The highest BCUT2D eigenvalue weighted by Crippen LogP contribution is 2.22. The van der Waals surface area contributed by atoms with Crippen LogP contribution in [0.3, 0.4) is 0 Å². The Hall–Kier alpha value is -2.48. The van der Waals surface area contributed by atoms with E-state index in [-0.39, 0.29) is 5.69 Å². The largest absolute Gasteiger partial charge is 0.353 e. The maximum atomic E-state index is 13.3. The van der Waals surface area contributed by atoms with E-state index >= 15 is 0 Å². The first kappa shape index (κ1) is 12.0. The van der Waals surface area contributed by atoms with Gasteiger partial charge >= 0.3 is 0 Å². The molecule has 0 unspecified atom stereocenters. The van der Waals surface area contributed by atoms with Crippen molar-refractivity contribution in [3.8, 4) is 6.07 Å². The molecule has 1 N–H and O–H groups in total. The Kier molecular flexibility index (Phi) is 3.20. The molecule has 0 bridgehead atoms. The minimum absolute atomic E-state index is 0.168. The molecule has 0 amide bonds. The third-order valence-corrected chi connectivity index (χ3v) is 2.30. The van der Waals surface area contributed by atoms with Crippen molar-refractivity contribution in [1.29, 1.82) is 5.26 Å². The number of nitrogens with zero attached hydrogens (tertiary/aromatic N) is 1. The molecule has 0 saturated carbocycles. The molecule has 90 valence electrons. The van der Waals surface area contributed by atoms with Crippen LogP contribution in [0.5, 0.6) is 0 Å². The molecule has 0 aliphatic rings. The van der Waals surface area contributed by atoms with Crippen molar-refractivity contribution in [1.82, 2.24) is 0 Å². The van der Waals surface area contributed by atoms with E-state index in [1.807, 2.05) is 6.07 Å². The van der Waals surface area contributed by atoms with E-state index in [1.54, 1.807) is 12.1 Å². The van der Waals surface area contributed by atoms with Crippen LogP contribution in [0.15, 0.2) is 36.4 Å². The van der Waals surface area contributed by atoms with Crippen molar-refractivity contribution in [3.63, 3.8) is 0 Å². The smallest absolute Gasteiger partial charge is 0.161 e. The van der Waals surface area contributed by atoms with Gasteiger partial charge in [0.1, 0.15) is 5.82 Å².